The fourth-order valence-electron chi connectivity index (χ4n) is 3.68. The standard InChI is InChI=1S/C26H30N8O3/c1-17(2)15-37-26(35)30-22-14-7-11-19(29-22)16-36-25-31-23-20(18-9-5-4-6-10-18)12-8-13-21(23)34(25)24(32-27)33(3)28/h4-14,17H,15-16,27-28H2,1-3H3,(H,29,30,35)/b32-24+. The first-order valence-corrected chi connectivity index (χ1v) is 11.7. The summed E-state index contributed by atoms with van der Waals surface area (Å²) in [5.41, 5.74) is 3.90. The van der Waals surface area contributed by atoms with Crippen molar-refractivity contribution in [1.29, 1.82) is 0 Å². The van der Waals surface area contributed by atoms with E-state index in [1.54, 1.807) is 29.8 Å². The van der Waals surface area contributed by atoms with Crippen LogP contribution in [0.5, 0.6) is 6.01 Å². The number of ether oxygens (including phenoxy) is 2. The maximum absolute atomic E-state index is 12.0. The zero-order valence-corrected chi connectivity index (χ0v) is 21.0. The number of amides is 1. The molecule has 192 valence electrons. The van der Waals surface area contributed by atoms with Gasteiger partial charge in [-0.05, 0) is 29.7 Å². The molecular weight excluding hydrogens is 472 g/mol. The molecule has 2 aromatic heterocycles. The van der Waals surface area contributed by atoms with Gasteiger partial charge in [0.15, 0.2) is 0 Å². The van der Waals surface area contributed by atoms with Gasteiger partial charge in [-0.15, -0.1) is 5.10 Å². The summed E-state index contributed by atoms with van der Waals surface area (Å²) in [6, 6.07) is 21.2. The highest BCUT2D eigenvalue weighted by Crippen LogP contribution is 2.31. The molecule has 1 amide bonds. The van der Waals surface area contributed by atoms with E-state index in [4.69, 9.17) is 26.1 Å². The molecule has 0 radical (unpaired) electrons. The van der Waals surface area contributed by atoms with Crippen molar-refractivity contribution in [2.45, 2.75) is 20.5 Å². The number of hydrogen-bond donors (Lipinski definition) is 3. The van der Waals surface area contributed by atoms with E-state index in [1.165, 1.54) is 5.01 Å². The number of carbonyl (C=O) groups is 1. The lowest BCUT2D eigenvalue weighted by atomic mass is 10.0. The van der Waals surface area contributed by atoms with Crippen LogP contribution in [0.4, 0.5) is 10.6 Å². The van der Waals surface area contributed by atoms with Crippen LogP contribution in [-0.2, 0) is 11.3 Å². The number of benzene rings is 2. The molecule has 37 heavy (non-hydrogen) atoms. The Morgan fingerprint density at radius 2 is 1.84 bits per heavy atom. The van der Waals surface area contributed by atoms with Crippen molar-refractivity contribution < 1.29 is 14.3 Å². The first kappa shape index (κ1) is 25.5. The number of para-hydroxylation sites is 1. The number of pyridine rings is 1. The van der Waals surface area contributed by atoms with Gasteiger partial charge in [-0.1, -0.05) is 62.4 Å². The van der Waals surface area contributed by atoms with Crippen molar-refractivity contribution in [2.24, 2.45) is 22.7 Å². The van der Waals surface area contributed by atoms with E-state index in [0.29, 0.717) is 29.2 Å². The van der Waals surface area contributed by atoms with Gasteiger partial charge < -0.3 is 15.3 Å². The molecule has 0 aliphatic rings. The number of nitrogens with two attached hydrogens (primary N) is 2. The lowest BCUT2D eigenvalue weighted by molar-refractivity contribution is 0.147. The van der Waals surface area contributed by atoms with Crippen molar-refractivity contribution in [3.05, 3.63) is 72.4 Å². The number of imidazole rings is 1. The van der Waals surface area contributed by atoms with Crippen LogP contribution < -0.4 is 21.7 Å². The summed E-state index contributed by atoms with van der Waals surface area (Å²) in [4.78, 5) is 21.2. The minimum absolute atomic E-state index is 0.0622. The van der Waals surface area contributed by atoms with Crippen molar-refractivity contribution in [3.63, 3.8) is 0 Å². The molecule has 4 aromatic rings. The molecule has 0 aliphatic carbocycles. The molecule has 4 rings (SSSR count). The predicted octanol–water partition coefficient (Wildman–Crippen LogP) is 3.77. The zero-order chi connectivity index (χ0) is 26.4. The minimum Gasteiger partial charge on any atom is -0.458 e. The van der Waals surface area contributed by atoms with Crippen molar-refractivity contribution in [1.82, 2.24) is 19.5 Å². The lowest BCUT2D eigenvalue weighted by Crippen LogP contribution is -2.39. The monoisotopic (exact) mass is 502 g/mol. The van der Waals surface area contributed by atoms with Gasteiger partial charge in [0.1, 0.15) is 17.9 Å². The van der Waals surface area contributed by atoms with Crippen LogP contribution in [0.15, 0.2) is 71.8 Å². The molecule has 0 unspecified atom stereocenters. The number of nitrogens with zero attached hydrogens (tertiary/aromatic N) is 5. The van der Waals surface area contributed by atoms with E-state index in [2.05, 4.69) is 15.4 Å². The predicted molar refractivity (Wildman–Crippen MR) is 143 cm³/mol. The van der Waals surface area contributed by atoms with E-state index in [9.17, 15) is 4.79 Å². The highest BCUT2D eigenvalue weighted by atomic mass is 16.5. The number of fused-ring (bicyclic) bond motifs is 1. The summed E-state index contributed by atoms with van der Waals surface area (Å²) < 4.78 is 12.9. The summed E-state index contributed by atoms with van der Waals surface area (Å²) in [6.07, 6.45) is -0.565. The number of aromatic nitrogens is 3. The summed E-state index contributed by atoms with van der Waals surface area (Å²) in [7, 11) is 1.62. The molecular formula is C26H30N8O3. The quantitative estimate of drug-likeness (QED) is 0.150. The summed E-state index contributed by atoms with van der Waals surface area (Å²) in [5.74, 6) is 12.5. The highest BCUT2D eigenvalue weighted by Gasteiger charge is 2.21. The van der Waals surface area contributed by atoms with Crippen LogP contribution >= 0.6 is 0 Å². The third kappa shape index (κ3) is 5.96. The van der Waals surface area contributed by atoms with Gasteiger partial charge in [-0.25, -0.2) is 20.2 Å². The number of hydrogen-bond acceptors (Lipinski definition) is 8. The maximum atomic E-state index is 12.0. The Morgan fingerprint density at radius 1 is 1.08 bits per heavy atom. The Bertz CT molecular complexity index is 1400. The van der Waals surface area contributed by atoms with E-state index >= 15 is 0 Å². The van der Waals surface area contributed by atoms with Crippen LogP contribution in [0.1, 0.15) is 19.5 Å². The average molecular weight is 503 g/mol. The molecule has 0 fully saturated rings. The van der Waals surface area contributed by atoms with Crippen LogP contribution in [0.2, 0.25) is 0 Å². The Balaban J connectivity index is 1.65. The average Bonchev–Trinajstić information content (AvgIpc) is 3.25. The number of hydrazine groups is 1. The number of anilines is 1. The number of rotatable bonds is 7. The molecule has 0 atom stereocenters. The van der Waals surface area contributed by atoms with Crippen LogP contribution in [0.3, 0.4) is 0 Å². The van der Waals surface area contributed by atoms with Gasteiger partial charge in [0.05, 0.1) is 17.8 Å². The van der Waals surface area contributed by atoms with E-state index in [0.717, 1.165) is 11.1 Å². The van der Waals surface area contributed by atoms with Crippen LogP contribution in [0, 0.1) is 5.92 Å². The van der Waals surface area contributed by atoms with Gasteiger partial charge in [0.2, 0.25) is 5.96 Å². The molecule has 5 N–H and O–H groups in total. The Hall–Kier alpha value is -4.64. The van der Waals surface area contributed by atoms with Gasteiger partial charge >= 0.3 is 12.1 Å². The first-order chi connectivity index (χ1) is 17.9. The molecule has 11 heteroatoms. The molecule has 0 bridgehead atoms. The summed E-state index contributed by atoms with van der Waals surface area (Å²) in [5, 5.41) is 7.77. The van der Waals surface area contributed by atoms with Gasteiger partial charge in [0, 0.05) is 12.6 Å². The second kappa shape index (κ2) is 11.4. The van der Waals surface area contributed by atoms with Crippen LogP contribution in [0.25, 0.3) is 22.2 Å². The molecule has 0 aliphatic heterocycles. The Morgan fingerprint density at radius 3 is 2.54 bits per heavy atom. The molecule has 0 spiro atoms. The smallest absolute Gasteiger partial charge is 0.412 e. The zero-order valence-electron chi connectivity index (χ0n) is 21.0. The topological polar surface area (TPSA) is 146 Å². The number of carbonyl (C=O) groups excluding carboxylic acids is 1. The lowest BCUT2D eigenvalue weighted by Gasteiger charge is -2.17. The number of nitrogens with one attached hydrogen (secondary N) is 1. The molecule has 2 aromatic carbocycles. The van der Waals surface area contributed by atoms with Gasteiger partial charge in [-0.3, -0.25) is 10.3 Å². The molecule has 0 saturated heterocycles. The van der Waals surface area contributed by atoms with E-state index < -0.39 is 6.09 Å². The van der Waals surface area contributed by atoms with Gasteiger partial charge in [-0.2, -0.15) is 4.98 Å². The second-order valence-electron chi connectivity index (χ2n) is 8.73. The largest absolute Gasteiger partial charge is 0.458 e. The fraction of sp³-hybridized carbons (Fsp3) is 0.231. The van der Waals surface area contributed by atoms with Crippen molar-refractivity contribution in [2.75, 3.05) is 19.0 Å². The molecule has 11 nitrogen and oxygen atoms in total. The van der Waals surface area contributed by atoms with Gasteiger partial charge in [0.25, 0.3) is 0 Å². The first-order valence-electron chi connectivity index (χ1n) is 11.7. The Labute approximate surface area is 214 Å². The normalized spacial score (nSPS) is 11.5. The fourth-order valence-corrected chi connectivity index (χ4v) is 3.68. The highest BCUT2D eigenvalue weighted by molar-refractivity contribution is 5.99. The van der Waals surface area contributed by atoms with E-state index in [-0.39, 0.29) is 24.5 Å². The SMILES string of the molecule is CC(C)COC(=O)Nc1cccc(COc2nc3c(-c4ccccc4)cccc3n2/C(=N/N)N(C)N)n1. The summed E-state index contributed by atoms with van der Waals surface area (Å²) >= 11 is 0. The third-order valence-corrected chi connectivity index (χ3v) is 5.30. The van der Waals surface area contributed by atoms with Crippen LogP contribution in [-0.4, -0.2) is 45.3 Å². The molecule has 2 heterocycles. The third-order valence-electron chi connectivity index (χ3n) is 5.30. The second-order valence-corrected chi connectivity index (χ2v) is 8.73. The van der Waals surface area contributed by atoms with Crippen molar-refractivity contribution >= 4 is 28.9 Å². The number of hydrazone groups is 1. The minimum atomic E-state index is -0.565. The molecule has 0 saturated carbocycles. The van der Waals surface area contributed by atoms with Crippen molar-refractivity contribution in [3.8, 4) is 17.1 Å². The Kier molecular flexibility index (Phi) is 7.84. The van der Waals surface area contributed by atoms with E-state index in [1.807, 2.05) is 62.4 Å². The maximum Gasteiger partial charge on any atom is 0.412 e. The summed E-state index contributed by atoms with van der Waals surface area (Å²) in [6.45, 7) is 4.30.